The molecule has 2 aromatic rings. The third-order valence-electron chi connectivity index (χ3n) is 3.83. The maximum Gasteiger partial charge on any atom is 0.119 e. The highest BCUT2D eigenvalue weighted by Crippen LogP contribution is 2.21. The van der Waals surface area contributed by atoms with Crippen LogP contribution in [-0.2, 0) is 11.5 Å². The summed E-state index contributed by atoms with van der Waals surface area (Å²) in [4.78, 5) is 0. The molecule has 2 rings (SSSR count). The summed E-state index contributed by atoms with van der Waals surface area (Å²) in [7, 11) is 3.30. The Morgan fingerprint density at radius 1 is 0.769 bits per heavy atom. The summed E-state index contributed by atoms with van der Waals surface area (Å²) in [6.45, 7) is 0. The molecule has 0 heterocycles. The molecule has 0 aliphatic carbocycles. The van der Waals surface area contributed by atoms with Gasteiger partial charge in [-0.3, -0.25) is 0 Å². The van der Waals surface area contributed by atoms with Crippen LogP contribution in [-0.4, -0.2) is 48.1 Å². The first-order valence-electron chi connectivity index (χ1n) is 8.40. The zero-order chi connectivity index (χ0) is 18.8. The fourth-order valence-electron chi connectivity index (χ4n) is 2.34. The average molecular weight is 395 g/mol. The van der Waals surface area contributed by atoms with Crippen molar-refractivity contribution in [3.8, 4) is 11.5 Å². The number of aliphatic hydroxyl groups excluding tert-OH is 2. The van der Waals surface area contributed by atoms with Crippen molar-refractivity contribution in [2.45, 2.75) is 23.7 Å². The van der Waals surface area contributed by atoms with Crippen molar-refractivity contribution in [2.75, 3.05) is 25.7 Å². The number of ether oxygens (including phenoxy) is 2. The monoisotopic (exact) mass is 394 g/mol. The summed E-state index contributed by atoms with van der Waals surface area (Å²) < 4.78 is 10.4. The van der Waals surface area contributed by atoms with Gasteiger partial charge in [-0.25, -0.2) is 0 Å². The van der Waals surface area contributed by atoms with Crippen LogP contribution < -0.4 is 9.47 Å². The minimum atomic E-state index is -0.733. The minimum absolute atomic E-state index is 0.498. The quantitative estimate of drug-likeness (QED) is 0.607. The predicted molar refractivity (Wildman–Crippen MR) is 110 cm³/mol. The first kappa shape index (κ1) is 21.0. The van der Waals surface area contributed by atoms with Crippen molar-refractivity contribution in [3.05, 3.63) is 59.7 Å². The lowest BCUT2D eigenvalue weighted by molar-refractivity contribution is 0.0500. The molecule has 2 atom stereocenters. The van der Waals surface area contributed by atoms with Crippen LogP contribution in [0.25, 0.3) is 0 Å². The molecule has 0 aliphatic rings. The summed E-state index contributed by atoms with van der Waals surface area (Å²) in [5.41, 5.74) is 2.28. The fourth-order valence-corrected chi connectivity index (χ4v) is 4.34. The summed E-state index contributed by atoms with van der Waals surface area (Å²) in [6.07, 6.45) is -1.47. The Morgan fingerprint density at radius 3 is 1.58 bits per heavy atom. The van der Waals surface area contributed by atoms with E-state index in [0.717, 1.165) is 34.1 Å². The lowest BCUT2D eigenvalue weighted by Gasteiger charge is -2.17. The molecule has 0 spiro atoms. The summed E-state index contributed by atoms with van der Waals surface area (Å²) >= 11 is 3.21. The van der Waals surface area contributed by atoms with Gasteiger partial charge in [-0.15, -0.1) is 0 Å². The van der Waals surface area contributed by atoms with Gasteiger partial charge in [0.2, 0.25) is 0 Å². The van der Waals surface area contributed by atoms with Gasteiger partial charge in [0, 0.05) is 23.0 Å². The van der Waals surface area contributed by atoms with Gasteiger partial charge < -0.3 is 19.7 Å². The van der Waals surface area contributed by atoms with Crippen LogP contribution in [0.5, 0.6) is 11.5 Å². The van der Waals surface area contributed by atoms with E-state index < -0.39 is 12.2 Å². The molecule has 0 unspecified atom stereocenters. The van der Waals surface area contributed by atoms with Crippen LogP contribution in [0, 0.1) is 0 Å². The Morgan fingerprint density at radius 2 is 1.19 bits per heavy atom. The molecule has 2 N–H and O–H groups in total. The molecule has 0 amide bonds. The lowest BCUT2D eigenvalue weighted by atomic mass is 10.2. The Bertz CT molecular complexity index is 608. The van der Waals surface area contributed by atoms with Gasteiger partial charge in [0.15, 0.2) is 0 Å². The van der Waals surface area contributed by atoms with Crippen LogP contribution in [0.3, 0.4) is 0 Å². The van der Waals surface area contributed by atoms with Crippen LogP contribution in [0.1, 0.15) is 11.1 Å². The number of hydrogen-bond donors (Lipinski definition) is 2. The smallest absolute Gasteiger partial charge is 0.119 e. The largest absolute Gasteiger partial charge is 0.497 e. The second kappa shape index (κ2) is 11.4. The molecule has 142 valence electrons. The molecule has 26 heavy (non-hydrogen) atoms. The van der Waals surface area contributed by atoms with Crippen LogP contribution >= 0.6 is 23.5 Å². The number of benzene rings is 2. The van der Waals surface area contributed by atoms with Crippen molar-refractivity contribution >= 4 is 23.5 Å². The second-order valence-electron chi connectivity index (χ2n) is 5.87. The van der Waals surface area contributed by atoms with Gasteiger partial charge >= 0.3 is 0 Å². The molecule has 0 aromatic heterocycles. The van der Waals surface area contributed by atoms with E-state index in [1.807, 2.05) is 48.5 Å². The molecule has 0 saturated heterocycles. The predicted octanol–water partition coefficient (Wildman–Crippen LogP) is 3.59. The van der Waals surface area contributed by atoms with Gasteiger partial charge in [-0.2, -0.15) is 23.5 Å². The third kappa shape index (κ3) is 7.11. The van der Waals surface area contributed by atoms with E-state index in [-0.39, 0.29) is 0 Å². The number of hydrogen-bond acceptors (Lipinski definition) is 6. The summed E-state index contributed by atoms with van der Waals surface area (Å²) in [6, 6.07) is 15.8. The molecular weight excluding hydrogens is 368 g/mol. The first-order valence-corrected chi connectivity index (χ1v) is 10.7. The van der Waals surface area contributed by atoms with Gasteiger partial charge in [-0.1, -0.05) is 24.3 Å². The Labute approximate surface area is 163 Å². The van der Waals surface area contributed by atoms with E-state index in [2.05, 4.69) is 0 Å². The van der Waals surface area contributed by atoms with Crippen molar-refractivity contribution < 1.29 is 19.7 Å². The molecule has 0 aliphatic heterocycles. The highest BCUT2D eigenvalue weighted by molar-refractivity contribution is 7.98. The molecule has 0 bridgehead atoms. The minimum Gasteiger partial charge on any atom is -0.497 e. The Balaban J connectivity index is 1.67. The van der Waals surface area contributed by atoms with E-state index >= 15 is 0 Å². The zero-order valence-corrected chi connectivity index (χ0v) is 16.8. The SMILES string of the molecule is COc1cccc(CSC[C@@H](O)[C@@H](O)CSCc2cccc(OC)c2)c1. The third-order valence-corrected chi connectivity index (χ3v) is 6.06. The summed E-state index contributed by atoms with van der Waals surface area (Å²) in [5.74, 6) is 4.21. The standard InChI is InChI=1S/C20H26O4S2/c1-23-17-7-3-5-15(9-17)11-25-13-19(21)20(22)14-26-12-16-6-4-8-18(10-16)24-2/h3-10,19-22H,11-14H2,1-2H3/t19-,20+. The topological polar surface area (TPSA) is 58.9 Å². The Kier molecular flexibility index (Phi) is 9.18. The van der Waals surface area contributed by atoms with E-state index in [9.17, 15) is 10.2 Å². The van der Waals surface area contributed by atoms with Crippen molar-refractivity contribution in [2.24, 2.45) is 0 Å². The van der Waals surface area contributed by atoms with Crippen LogP contribution in [0.4, 0.5) is 0 Å². The maximum absolute atomic E-state index is 10.1. The van der Waals surface area contributed by atoms with Gasteiger partial charge in [0.1, 0.15) is 11.5 Å². The van der Waals surface area contributed by atoms with Crippen molar-refractivity contribution in [3.63, 3.8) is 0 Å². The number of rotatable bonds is 11. The average Bonchev–Trinajstić information content (AvgIpc) is 2.68. The number of thioether (sulfide) groups is 2. The maximum atomic E-state index is 10.1. The number of aliphatic hydroxyl groups is 2. The van der Waals surface area contributed by atoms with Crippen molar-refractivity contribution in [1.29, 1.82) is 0 Å². The molecule has 6 heteroatoms. The van der Waals surface area contributed by atoms with E-state index in [4.69, 9.17) is 9.47 Å². The normalized spacial score (nSPS) is 13.2. The molecule has 0 radical (unpaired) electrons. The first-order chi connectivity index (χ1) is 12.6. The van der Waals surface area contributed by atoms with E-state index in [0.29, 0.717) is 11.5 Å². The van der Waals surface area contributed by atoms with Gasteiger partial charge in [-0.05, 0) is 35.4 Å². The van der Waals surface area contributed by atoms with Crippen LogP contribution in [0.15, 0.2) is 48.5 Å². The zero-order valence-electron chi connectivity index (χ0n) is 15.1. The van der Waals surface area contributed by atoms with Crippen molar-refractivity contribution in [1.82, 2.24) is 0 Å². The fraction of sp³-hybridized carbons (Fsp3) is 0.400. The Hall–Kier alpha value is -1.34. The number of methoxy groups -OCH3 is 2. The molecule has 4 nitrogen and oxygen atoms in total. The summed E-state index contributed by atoms with van der Waals surface area (Å²) in [5, 5.41) is 20.3. The van der Waals surface area contributed by atoms with Gasteiger partial charge in [0.25, 0.3) is 0 Å². The highest BCUT2D eigenvalue weighted by atomic mass is 32.2. The highest BCUT2D eigenvalue weighted by Gasteiger charge is 2.16. The van der Waals surface area contributed by atoms with E-state index in [1.165, 1.54) is 0 Å². The molecular formula is C20H26O4S2. The molecule has 0 fully saturated rings. The van der Waals surface area contributed by atoms with Gasteiger partial charge in [0.05, 0.1) is 26.4 Å². The lowest BCUT2D eigenvalue weighted by Crippen LogP contribution is -2.30. The molecule has 2 aromatic carbocycles. The van der Waals surface area contributed by atoms with E-state index in [1.54, 1.807) is 37.7 Å². The molecule has 0 saturated carbocycles. The van der Waals surface area contributed by atoms with Crippen LogP contribution in [0.2, 0.25) is 0 Å². The second-order valence-corrected chi connectivity index (χ2v) is 7.93.